The van der Waals surface area contributed by atoms with Crippen LogP contribution in [0.2, 0.25) is 0 Å². The van der Waals surface area contributed by atoms with Crippen LogP contribution in [-0.2, 0) is 19.5 Å². The first-order chi connectivity index (χ1) is 18.5. The molecule has 0 bridgehead atoms. The van der Waals surface area contributed by atoms with Crippen LogP contribution in [-0.4, -0.2) is 22.6 Å². The molecule has 0 radical (unpaired) electrons. The van der Waals surface area contributed by atoms with Gasteiger partial charge in [0.25, 0.3) is 0 Å². The van der Waals surface area contributed by atoms with Gasteiger partial charge in [-0.25, -0.2) is 8.78 Å². The second-order valence-electron chi connectivity index (χ2n) is 8.51. The smallest absolute Gasteiger partial charge is 0.124 e. The Balaban J connectivity index is 0.00000353. The Morgan fingerprint density at radius 2 is 0.897 bits per heavy atom. The Morgan fingerprint density at radius 1 is 0.513 bits per heavy atom. The Morgan fingerprint density at radius 3 is 1.28 bits per heavy atom. The molecule has 0 saturated carbocycles. The number of hydrogen-bond acceptors (Lipinski definition) is 4. The van der Waals surface area contributed by atoms with Gasteiger partial charge in [-0.1, -0.05) is 72.8 Å². The monoisotopic (exact) mass is 568 g/mol. The van der Waals surface area contributed by atoms with Gasteiger partial charge in [-0.3, -0.25) is 9.98 Å². The zero-order valence-corrected chi connectivity index (χ0v) is 23.8. The predicted molar refractivity (Wildman–Crippen MR) is 148 cm³/mol. The van der Waals surface area contributed by atoms with Crippen LogP contribution in [0.4, 0.5) is 20.2 Å². The van der Waals surface area contributed by atoms with Crippen LogP contribution in [0.25, 0.3) is 22.3 Å². The first kappa shape index (κ1) is 27.6. The van der Waals surface area contributed by atoms with E-state index in [4.69, 9.17) is 9.98 Å². The molecular weight excluding hydrogens is 548 g/mol. The maximum absolute atomic E-state index is 13.9. The summed E-state index contributed by atoms with van der Waals surface area (Å²) >= 11 is 0. The van der Waals surface area contributed by atoms with E-state index in [0.29, 0.717) is 11.4 Å². The maximum Gasteiger partial charge on any atom is 0.124 e. The molecule has 0 atom stereocenters. The van der Waals surface area contributed by atoms with E-state index in [-0.39, 0.29) is 42.1 Å². The van der Waals surface area contributed by atoms with E-state index in [9.17, 15) is 19.0 Å². The standard InChI is InChI=1S/C32H22F2N2O2.Zn/c33-25-11-15-29(37)23(17-25)19-35-31-27(21-7-3-1-4-8-21)13-14-28(22-9-5-2-6-10-22)32(31)36-20-24-18-26(34)12-16-30(24)38;/h1-20,37-38H;. The molecule has 0 aromatic heterocycles. The molecule has 4 nitrogen and oxygen atoms in total. The van der Waals surface area contributed by atoms with Crippen LogP contribution in [0, 0.1) is 11.6 Å². The molecule has 188 valence electrons. The summed E-state index contributed by atoms with van der Waals surface area (Å²) in [6, 6.07) is 30.2. The Kier molecular flexibility index (Phi) is 8.75. The van der Waals surface area contributed by atoms with Crippen LogP contribution in [0.15, 0.2) is 119 Å². The molecule has 5 aromatic carbocycles. The molecule has 5 rings (SSSR count). The van der Waals surface area contributed by atoms with E-state index in [2.05, 4.69) is 0 Å². The van der Waals surface area contributed by atoms with Crippen LogP contribution in [0.5, 0.6) is 11.5 Å². The number of halogens is 2. The molecule has 5 aromatic rings. The fraction of sp³-hybridized carbons (Fsp3) is 0. The molecule has 2 N–H and O–H groups in total. The number of rotatable bonds is 6. The van der Waals surface area contributed by atoms with Gasteiger partial charge in [0.05, 0.1) is 11.4 Å². The number of aromatic hydroxyl groups is 2. The molecule has 0 amide bonds. The summed E-state index contributed by atoms with van der Waals surface area (Å²) < 4.78 is 27.8. The fourth-order valence-corrected chi connectivity index (χ4v) is 4.07. The van der Waals surface area contributed by atoms with Crippen molar-refractivity contribution in [1.82, 2.24) is 0 Å². The summed E-state index contributed by atoms with van der Waals surface area (Å²) in [4.78, 5) is 9.38. The van der Waals surface area contributed by atoms with E-state index in [1.165, 1.54) is 48.8 Å². The van der Waals surface area contributed by atoms with Crippen molar-refractivity contribution in [2.24, 2.45) is 9.98 Å². The first-order valence-corrected chi connectivity index (χ1v) is 11.8. The molecule has 39 heavy (non-hydrogen) atoms. The van der Waals surface area contributed by atoms with Gasteiger partial charge in [-0.15, -0.1) is 0 Å². The summed E-state index contributed by atoms with van der Waals surface area (Å²) in [6.07, 6.45) is 2.77. The molecular formula is C32H22F2N2O2Zn. The third kappa shape index (κ3) is 6.33. The van der Waals surface area contributed by atoms with Gasteiger partial charge in [0.2, 0.25) is 0 Å². The van der Waals surface area contributed by atoms with E-state index in [0.717, 1.165) is 22.3 Å². The molecule has 0 unspecified atom stereocenters. The van der Waals surface area contributed by atoms with Crippen LogP contribution >= 0.6 is 0 Å². The third-order valence-corrected chi connectivity index (χ3v) is 5.97. The average Bonchev–Trinajstić information content (AvgIpc) is 2.94. The summed E-state index contributed by atoms with van der Waals surface area (Å²) in [5.41, 5.74) is 4.53. The van der Waals surface area contributed by atoms with Crippen LogP contribution < -0.4 is 0 Å². The zero-order chi connectivity index (χ0) is 26.5. The Labute approximate surface area is 237 Å². The maximum atomic E-state index is 13.9. The van der Waals surface area contributed by atoms with Gasteiger partial charge in [0.1, 0.15) is 23.1 Å². The third-order valence-electron chi connectivity index (χ3n) is 5.97. The summed E-state index contributed by atoms with van der Waals surface area (Å²) in [6.45, 7) is 0. The largest absolute Gasteiger partial charge is 0.507 e. The molecule has 0 fully saturated rings. The molecule has 0 saturated heterocycles. The predicted octanol–water partition coefficient (Wildman–Crippen LogP) is 8.21. The fourth-order valence-electron chi connectivity index (χ4n) is 4.07. The van der Waals surface area contributed by atoms with E-state index >= 15 is 0 Å². The minimum absolute atomic E-state index is 0. The quantitative estimate of drug-likeness (QED) is 0.160. The average molecular weight is 570 g/mol. The van der Waals surface area contributed by atoms with Crippen molar-refractivity contribution in [2.75, 3.05) is 0 Å². The van der Waals surface area contributed by atoms with Crippen molar-refractivity contribution >= 4 is 23.8 Å². The topological polar surface area (TPSA) is 65.2 Å². The molecule has 0 aliphatic carbocycles. The Hall–Kier alpha value is -4.48. The van der Waals surface area contributed by atoms with Crippen molar-refractivity contribution in [1.29, 1.82) is 0 Å². The van der Waals surface area contributed by atoms with E-state index in [1.807, 2.05) is 72.8 Å². The minimum atomic E-state index is -0.509. The van der Waals surface area contributed by atoms with Crippen LogP contribution in [0.1, 0.15) is 11.1 Å². The number of phenols is 2. The second-order valence-corrected chi connectivity index (χ2v) is 8.51. The normalized spacial score (nSPS) is 11.1. The number of hydrogen-bond donors (Lipinski definition) is 2. The summed E-state index contributed by atoms with van der Waals surface area (Å²) in [7, 11) is 0. The second kappa shape index (κ2) is 12.4. The number of phenolic OH excluding ortho intramolecular Hbond substituents is 2. The SMILES string of the molecule is Oc1ccc(F)cc1C=Nc1c(-c2ccccc2)ccc(-c2ccccc2)c1N=Cc1cc(F)ccc1O.[Zn]. The van der Waals surface area contributed by atoms with Gasteiger partial charge in [-0.2, -0.15) is 0 Å². The van der Waals surface area contributed by atoms with Gasteiger partial charge >= 0.3 is 0 Å². The number of benzene rings is 5. The summed E-state index contributed by atoms with van der Waals surface area (Å²) in [5.74, 6) is -1.26. The first-order valence-electron chi connectivity index (χ1n) is 11.8. The molecule has 0 aliphatic rings. The van der Waals surface area contributed by atoms with Gasteiger partial charge in [0.15, 0.2) is 0 Å². The molecule has 0 heterocycles. The summed E-state index contributed by atoms with van der Waals surface area (Å²) in [5, 5.41) is 20.5. The van der Waals surface area contributed by atoms with Gasteiger partial charge in [-0.05, 0) is 47.5 Å². The number of nitrogens with zero attached hydrogens (tertiary/aromatic N) is 2. The van der Waals surface area contributed by atoms with Crippen molar-refractivity contribution in [3.8, 4) is 33.8 Å². The van der Waals surface area contributed by atoms with E-state index in [1.54, 1.807) is 0 Å². The van der Waals surface area contributed by atoms with Crippen molar-refractivity contribution in [2.45, 2.75) is 0 Å². The van der Waals surface area contributed by atoms with Gasteiger partial charge < -0.3 is 10.2 Å². The number of aliphatic imine (C=N–C) groups is 2. The van der Waals surface area contributed by atoms with Crippen molar-refractivity contribution in [3.63, 3.8) is 0 Å². The Bertz CT molecular complexity index is 1530. The molecule has 0 aliphatic heterocycles. The minimum Gasteiger partial charge on any atom is -0.507 e. The molecule has 0 spiro atoms. The van der Waals surface area contributed by atoms with Crippen molar-refractivity contribution in [3.05, 3.63) is 132 Å². The van der Waals surface area contributed by atoms with E-state index < -0.39 is 11.6 Å². The van der Waals surface area contributed by atoms with Crippen LogP contribution in [0.3, 0.4) is 0 Å². The van der Waals surface area contributed by atoms with Crippen molar-refractivity contribution < 1.29 is 38.5 Å². The molecule has 7 heteroatoms. The zero-order valence-electron chi connectivity index (χ0n) is 20.8. The van der Waals surface area contributed by atoms with Gasteiger partial charge in [0, 0.05) is 54.2 Å².